The first-order valence-corrected chi connectivity index (χ1v) is 9.50. The molecule has 0 bridgehead atoms. The zero-order chi connectivity index (χ0) is 18.0. The molecule has 0 atom stereocenters. The Balaban J connectivity index is 1.92. The third kappa shape index (κ3) is 4.11. The summed E-state index contributed by atoms with van der Waals surface area (Å²) in [5.74, 6) is 0.872. The van der Waals surface area contributed by atoms with Crippen molar-refractivity contribution in [1.82, 2.24) is 0 Å². The van der Waals surface area contributed by atoms with Crippen LogP contribution in [0.15, 0.2) is 41.4 Å². The molecule has 0 aliphatic carbocycles. The van der Waals surface area contributed by atoms with Gasteiger partial charge in [0.1, 0.15) is 0 Å². The molecule has 0 aromatic heterocycles. The van der Waals surface area contributed by atoms with Crippen molar-refractivity contribution in [2.75, 3.05) is 22.5 Å². The first kappa shape index (κ1) is 18.1. The smallest absolute Gasteiger partial charge is 0.307 e. The lowest BCUT2D eigenvalue weighted by atomic mass is 10.1. The van der Waals surface area contributed by atoms with Gasteiger partial charge >= 0.3 is 6.03 Å². The molecule has 0 unspecified atom stereocenters. The molecule has 2 amide bonds. The highest BCUT2D eigenvalue weighted by atomic mass is 35.5. The van der Waals surface area contributed by atoms with Crippen molar-refractivity contribution < 1.29 is 4.79 Å². The fraction of sp³-hybridized carbons (Fsp3) is 0.222. The maximum absolute atomic E-state index is 12.9. The minimum absolute atomic E-state index is 0.283. The fourth-order valence-corrected chi connectivity index (χ4v) is 3.55. The SMILES string of the molecule is Cc1ccc(N(C(=O)Nc2ccc(Cl)c(Cl)c2)C2=NCCS2)cc1C. The largest absolute Gasteiger partial charge is 0.332 e. The quantitative estimate of drug-likeness (QED) is 0.705. The molecule has 0 fully saturated rings. The van der Waals surface area contributed by atoms with Gasteiger partial charge in [0.05, 0.1) is 22.3 Å². The number of hydrogen-bond acceptors (Lipinski definition) is 3. The standard InChI is InChI=1S/C18H17Cl2N3OS/c1-11-3-5-14(9-12(11)2)23(18-21-7-8-25-18)17(24)22-13-4-6-15(19)16(20)10-13/h3-6,9-10H,7-8H2,1-2H3,(H,22,24). The summed E-state index contributed by atoms with van der Waals surface area (Å²) in [5, 5.41) is 4.40. The van der Waals surface area contributed by atoms with E-state index in [4.69, 9.17) is 23.2 Å². The van der Waals surface area contributed by atoms with Gasteiger partial charge in [-0.2, -0.15) is 0 Å². The van der Waals surface area contributed by atoms with Crippen LogP contribution in [0.2, 0.25) is 10.0 Å². The van der Waals surface area contributed by atoms with E-state index in [1.54, 1.807) is 34.9 Å². The Labute approximate surface area is 161 Å². The maximum Gasteiger partial charge on any atom is 0.332 e. The third-order valence-corrected chi connectivity index (χ3v) is 5.58. The molecular weight excluding hydrogens is 377 g/mol. The summed E-state index contributed by atoms with van der Waals surface area (Å²) in [7, 11) is 0. The van der Waals surface area contributed by atoms with Gasteiger partial charge in [0.2, 0.25) is 0 Å². The Morgan fingerprint density at radius 3 is 2.56 bits per heavy atom. The van der Waals surface area contributed by atoms with Crippen LogP contribution in [-0.4, -0.2) is 23.5 Å². The van der Waals surface area contributed by atoms with Gasteiger partial charge in [0, 0.05) is 11.4 Å². The second-order valence-corrected chi connectivity index (χ2v) is 7.55. The van der Waals surface area contributed by atoms with Gasteiger partial charge in [-0.1, -0.05) is 41.0 Å². The number of nitrogens with zero attached hydrogens (tertiary/aromatic N) is 2. The summed E-state index contributed by atoms with van der Waals surface area (Å²) in [5.41, 5.74) is 3.66. The summed E-state index contributed by atoms with van der Waals surface area (Å²) in [6.07, 6.45) is 0. The van der Waals surface area contributed by atoms with Crippen molar-refractivity contribution >= 4 is 57.5 Å². The van der Waals surface area contributed by atoms with Crippen LogP contribution in [0.3, 0.4) is 0 Å². The van der Waals surface area contributed by atoms with Crippen LogP contribution in [0.25, 0.3) is 0 Å². The summed E-state index contributed by atoms with van der Waals surface area (Å²) < 4.78 is 0. The molecule has 4 nitrogen and oxygen atoms in total. The van der Waals surface area contributed by atoms with Crippen LogP contribution in [0.4, 0.5) is 16.2 Å². The predicted octanol–water partition coefficient (Wildman–Crippen LogP) is 5.75. The second-order valence-electron chi connectivity index (χ2n) is 5.68. The van der Waals surface area contributed by atoms with Crippen molar-refractivity contribution in [3.05, 3.63) is 57.6 Å². The number of rotatable bonds is 2. The van der Waals surface area contributed by atoms with E-state index in [-0.39, 0.29) is 6.03 Å². The molecule has 2 aromatic rings. The summed E-state index contributed by atoms with van der Waals surface area (Å²) >= 11 is 13.5. The number of thioether (sulfide) groups is 1. The Bertz CT molecular complexity index is 854. The minimum Gasteiger partial charge on any atom is -0.307 e. The van der Waals surface area contributed by atoms with Gasteiger partial charge in [0.15, 0.2) is 5.17 Å². The van der Waals surface area contributed by atoms with E-state index < -0.39 is 0 Å². The third-order valence-electron chi connectivity index (χ3n) is 3.88. The lowest BCUT2D eigenvalue weighted by Gasteiger charge is -2.23. The number of anilines is 2. The van der Waals surface area contributed by atoms with Gasteiger partial charge < -0.3 is 5.32 Å². The number of carbonyl (C=O) groups is 1. The van der Waals surface area contributed by atoms with Crippen molar-refractivity contribution in [2.24, 2.45) is 4.99 Å². The Kier molecular flexibility index (Phi) is 5.57. The van der Waals surface area contributed by atoms with Crippen LogP contribution in [0.5, 0.6) is 0 Å². The molecule has 1 heterocycles. The highest BCUT2D eigenvalue weighted by molar-refractivity contribution is 8.14. The predicted molar refractivity (Wildman–Crippen MR) is 109 cm³/mol. The number of hydrogen-bond donors (Lipinski definition) is 1. The number of nitrogens with one attached hydrogen (secondary N) is 1. The van der Waals surface area contributed by atoms with E-state index in [1.165, 1.54) is 5.56 Å². The normalized spacial score (nSPS) is 13.5. The van der Waals surface area contributed by atoms with E-state index in [0.29, 0.717) is 27.4 Å². The maximum atomic E-state index is 12.9. The highest BCUT2D eigenvalue weighted by Gasteiger charge is 2.25. The lowest BCUT2D eigenvalue weighted by Crippen LogP contribution is -2.38. The number of benzene rings is 2. The first-order chi connectivity index (χ1) is 12.0. The van der Waals surface area contributed by atoms with E-state index >= 15 is 0 Å². The molecule has 130 valence electrons. The molecule has 3 rings (SSSR count). The van der Waals surface area contributed by atoms with Gasteiger partial charge in [-0.3, -0.25) is 4.99 Å². The average molecular weight is 394 g/mol. The van der Waals surface area contributed by atoms with Gasteiger partial charge in [-0.25, -0.2) is 9.69 Å². The number of urea groups is 1. The number of amides is 2. The number of halogens is 2. The molecule has 2 aromatic carbocycles. The van der Waals surface area contributed by atoms with Crippen LogP contribution in [0.1, 0.15) is 11.1 Å². The first-order valence-electron chi connectivity index (χ1n) is 7.76. The second kappa shape index (κ2) is 7.68. The number of carbonyl (C=O) groups excluding carboxylic acids is 1. The summed E-state index contributed by atoms with van der Waals surface area (Å²) in [6.45, 7) is 4.78. The van der Waals surface area contributed by atoms with Crippen LogP contribution < -0.4 is 10.2 Å². The minimum atomic E-state index is -0.283. The van der Waals surface area contributed by atoms with E-state index in [1.807, 2.05) is 32.0 Å². The Morgan fingerprint density at radius 2 is 1.92 bits per heavy atom. The van der Waals surface area contributed by atoms with Gasteiger partial charge in [-0.05, 0) is 55.3 Å². The van der Waals surface area contributed by atoms with Gasteiger partial charge in [-0.15, -0.1) is 0 Å². The van der Waals surface area contributed by atoms with Crippen LogP contribution in [-0.2, 0) is 0 Å². The lowest BCUT2D eigenvalue weighted by molar-refractivity contribution is 0.259. The van der Waals surface area contributed by atoms with Crippen molar-refractivity contribution in [2.45, 2.75) is 13.8 Å². The molecule has 1 aliphatic rings. The molecule has 1 aliphatic heterocycles. The number of amidine groups is 1. The average Bonchev–Trinajstić information content (AvgIpc) is 3.08. The number of aliphatic imine (C=N–C) groups is 1. The molecule has 0 saturated heterocycles. The molecule has 0 spiro atoms. The Hall–Kier alpha value is -1.69. The van der Waals surface area contributed by atoms with Gasteiger partial charge in [0.25, 0.3) is 0 Å². The van der Waals surface area contributed by atoms with Crippen molar-refractivity contribution in [3.8, 4) is 0 Å². The summed E-state index contributed by atoms with van der Waals surface area (Å²) in [4.78, 5) is 19.0. The zero-order valence-electron chi connectivity index (χ0n) is 13.8. The van der Waals surface area contributed by atoms with E-state index in [9.17, 15) is 4.79 Å². The zero-order valence-corrected chi connectivity index (χ0v) is 16.2. The number of aryl methyl sites for hydroxylation is 2. The molecule has 0 saturated carbocycles. The van der Waals surface area contributed by atoms with Crippen molar-refractivity contribution in [3.63, 3.8) is 0 Å². The van der Waals surface area contributed by atoms with Crippen LogP contribution >= 0.6 is 35.0 Å². The summed E-state index contributed by atoms with van der Waals surface area (Å²) in [6, 6.07) is 10.6. The molecule has 1 N–H and O–H groups in total. The Morgan fingerprint density at radius 1 is 1.12 bits per heavy atom. The monoisotopic (exact) mass is 393 g/mol. The van der Waals surface area contributed by atoms with Crippen LogP contribution in [0, 0.1) is 13.8 Å². The molecular formula is C18H17Cl2N3OS. The van der Waals surface area contributed by atoms with E-state index in [2.05, 4.69) is 10.3 Å². The molecule has 0 radical (unpaired) electrons. The topological polar surface area (TPSA) is 44.7 Å². The molecule has 25 heavy (non-hydrogen) atoms. The van der Waals surface area contributed by atoms with Crippen molar-refractivity contribution in [1.29, 1.82) is 0 Å². The molecule has 7 heteroatoms. The van der Waals surface area contributed by atoms with E-state index in [0.717, 1.165) is 17.0 Å². The fourth-order valence-electron chi connectivity index (χ4n) is 2.39. The highest BCUT2D eigenvalue weighted by Crippen LogP contribution is 2.28.